The molecule has 102 valence electrons. The van der Waals surface area contributed by atoms with Gasteiger partial charge in [0.2, 0.25) is 5.16 Å². The second-order valence-electron chi connectivity index (χ2n) is 4.52. The second kappa shape index (κ2) is 7.25. The summed E-state index contributed by atoms with van der Waals surface area (Å²) in [6.45, 7) is 5.34. The largest absolute Gasteiger partial charge is 0.315 e. The lowest BCUT2D eigenvalue weighted by Crippen LogP contribution is -2.23. The number of para-hydroxylation sites is 1. The monoisotopic (exact) mass is 277 g/mol. The molecule has 0 atom stereocenters. The molecule has 6 heteroatoms. The van der Waals surface area contributed by atoms with Crippen LogP contribution in [-0.2, 0) is 0 Å². The molecule has 0 unspecified atom stereocenters. The Morgan fingerprint density at radius 3 is 2.79 bits per heavy atom. The first kappa shape index (κ1) is 14.0. The molecule has 19 heavy (non-hydrogen) atoms. The molecule has 0 spiro atoms. The molecule has 0 saturated heterocycles. The Bertz CT molecular complexity index is 483. The van der Waals surface area contributed by atoms with Gasteiger partial charge >= 0.3 is 0 Å². The van der Waals surface area contributed by atoms with Crippen LogP contribution < -0.4 is 5.32 Å². The molecule has 2 aromatic rings. The number of hydrogen-bond acceptors (Lipinski definition) is 5. The zero-order chi connectivity index (χ0) is 13.5. The lowest BCUT2D eigenvalue weighted by Gasteiger charge is -2.07. The van der Waals surface area contributed by atoms with Crippen LogP contribution in [0.1, 0.15) is 20.3 Å². The van der Waals surface area contributed by atoms with E-state index in [1.807, 2.05) is 30.3 Å². The van der Waals surface area contributed by atoms with Crippen molar-refractivity contribution in [2.24, 2.45) is 0 Å². The van der Waals surface area contributed by atoms with Gasteiger partial charge in [0.15, 0.2) is 0 Å². The highest BCUT2D eigenvalue weighted by Crippen LogP contribution is 2.18. The van der Waals surface area contributed by atoms with Crippen LogP contribution in [0.5, 0.6) is 0 Å². The third kappa shape index (κ3) is 4.33. The van der Waals surface area contributed by atoms with Gasteiger partial charge in [-0.3, -0.25) is 0 Å². The number of aromatic nitrogens is 4. The molecular weight excluding hydrogens is 258 g/mol. The summed E-state index contributed by atoms with van der Waals surface area (Å²) in [7, 11) is 0. The molecule has 1 aromatic heterocycles. The van der Waals surface area contributed by atoms with Crippen molar-refractivity contribution in [2.45, 2.75) is 31.5 Å². The summed E-state index contributed by atoms with van der Waals surface area (Å²) in [5.74, 6) is 1.01. The van der Waals surface area contributed by atoms with Crippen LogP contribution in [-0.4, -0.2) is 38.5 Å². The highest BCUT2D eigenvalue weighted by Gasteiger charge is 2.07. The second-order valence-corrected chi connectivity index (χ2v) is 5.58. The number of tetrazole rings is 1. The first-order valence-electron chi connectivity index (χ1n) is 6.47. The fourth-order valence-corrected chi connectivity index (χ4v) is 2.46. The molecule has 1 aromatic carbocycles. The van der Waals surface area contributed by atoms with Crippen LogP contribution in [0.2, 0.25) is 0 Å². The molecule has 0 fully saturated rings. The quantitative estimate of drug-likeness (QED) is 0.621. The van der Waals surface area contributed by atoms with Crippen molar-refractivity contribution >= 4 is 11.8 Å². The number of thioether (sulfide) groups is 1. The van der Waals surface area contributed by atoms with Crippen LogP contribution in [0.15, 0.2) is 35.5 Å². The smallest absolute Gasteiger partial charge is 0.214 e. The Hall–Kier alpha value is -1.40. The van der Waals surface area contributed by atoms with Crippen molar-refractivity contribution < 1.29 is 0 Å². The van der Waals surface area contributed by atoms with Gasteiger partial charge in [-0.25, -0.2) is 0 Å². The zero-order valence-corrected chi connectivity index (χ0v) is 12.1. The van der Waals surface area contributed by atoms with E-state index in [1.165, 1.54) is 0 Å². The lowest BCUT2D eigenvalue weighted by molar-refractivity contribution is 0.585. The van der Waals surface area contributed by atoms with Crippen molar-refractivity contribution in [3.05, 3.63) is 30.3 Å². The number of nitrogens with one attached hydrogen (secondary N) is 1. The molecule has 0 aliphatic carbocycles. The molecule has 1 heterocycles. The highest BCUT2D eigenvalue weighted by molar-refractivity contribution is 7.99. The maximum Gasteiger partial charge on any atom is 0.214 e. The normalized spacial score (nSPS) is 11.1. The van der Waals surface area contributed by atoms with E-state index in [0.29, 0.717) is 6.04 Å². The van der Waals surface area contributed by atoms with Crippen molar-refractivity contribution in [1.29, 1.82) is 0 Å². The standard InChI is InChI=1S/C13H19N5S/c1-11(2)14-9-6-10-19-13-15-16-17-18(13)12-7-4-3-5-8-12/h3-5,7-8,11,14H,6,9-10H2,1-2H3. The molecule has 0 bridgehead atoms. The van der Waals surface area contributed by atoms with Gasteiger partial charge in [0, 0.05) is 11.8 Å². The van der Waals surface area contributed by atoms with Crippen molar-refractivity contribution in [3.8, 4) is 5.69 Å². The summed E-state index contributed by atoms with van der Waals surface area (Å²) in [5.41, 5.74) is 0.996. The summed E-state index contributed by atoms with van der Waals surface area (Å²) in [4.78, 5) is 0. The molecule has 0 radical (unpaired) electrons. The van der Waals surface area contributed by atoms with Gasteiger partial charge in [-0.05, 0) is 35.5 Å². The van der Waals surface area contributed by atoms with Crippen LogP contribution in [0.4, 0.5) is 0 Å². The van der Waals surface area contributed by atoms with E-state index < -0.39 is 0 Å². The maximum absolute atomic E-state index is 4.07. The third-order valence-electron chi connectivity index (χ3n) is 2.55. The van der Waals surface area contributed by atoms with Crippen molar-refractivity contribution in [3.63, 3.8) is 0 Å². The summed E-state index contributed by atoms with van der Waals surface area (Å²) in [6.07, 6.45) is 1.10. The van der Waals surface area contributed by atoms with Gasteiger partial charge in [0.1, 0.15) is 0 Å². The molecule has 1 N–H and O–H groups in total. The number of rotatable bonds is 7. The van der Waals surface area contributed by atoms with Gasteiger partial charge in [-0.15, -0.1) is 5.10 Å². The molecule has 2 rings (SSSR count). The van der Waals surface area contributed by atoms with E-state index in [4.69, 9.17) is 0 Å². The number of benzene rings is 1. The SMILES string of the molecule is CC(C)NCCCSc1nnnn1-c1ccccc1. The van der Waals surface area contributed by atoms with E-state index >= 15 is 0 Å². The van der Waals surface area contributed by atoms with Crippen LogP contribution >= 0.6 is 11.8 Å². The van der Waals surface area contributed by atoms with E-state index in [1.54, 1.807) is 16.4 Å². The predicted molar refractivity (Wildman–Crippen MR) is 77.6 cm³/mol. The Labute approximate surface area is 117 Å². The van der Waals surface area contributed by atoms with Gasteiger partial charge in [0.25, 0.3) is 0 Å². The number of hydrogen-bond donors (Lipinski definition) is 1. The van der Waals surface area contributed by atoms with Gasteiger partial charge in [0.05, 0.1) is 5.69 Å². The first-order valence-corrected chi connectivity index (χ1v) is 7.46. The third-order valence-corrected chi connectivity index (χ3v) is 3.55. The van der Waals surface area contributed by atoms with Crippen LogP contribution in [0.3, 0.4) is 0 Å². The minimum absolute atomic E-state index is 0.541. The average Bonchev–Trinajstić information content (AvgIpc) is 2.87. The average molecular weight is 277 g/mol. The molecule has 0 aliphatic heterocycles. The Kier molecular flexibility index (Phi) is 5.35. The lowest BCUT2D eigenvalue weighted by atomic mass is 10.3. The summed E-state index contributed by atoms with van der Waals surface area (Å²) in [5, 5.41) is 16.1. The minimum atomic E-state index is 0.541. The number of nitrogens with zero attached hydrogens (tertiary/aromatic N) is 4. The summed E-state index contributed by atoms with van der Waals surface area (Å²) >= 11 is 1.69. The predicted octanol–water partition coefficient (Wildman–Crippen LogP) is 2.14. The highest BCUT2D eigenvalue weighted by atomic mass is 32.2. The van der Waals surface area contributed by atoms with Crippen LogP contribution in [0.25, 0.3) is 5.69 Å². The zero-order valence-electron chi connectivity index (χ0n) is 11.3. The fraction of sp³-hybridized carbons (Fsp3) is 0.462. The minimum Gasteiger partial charge on any atom is -0.315 e. The fourth-order valence-electron chi connectivity index (χ4n) is 1.63. The van der Waals surface area contributed by atoms with Gasteiger partial charge in [-0.2, -0.15) is 4.68 Å². The van der Waals surface area contributed by atoms with Gasteiger partial charge in [-0.1, -0.05) is 43.8 Å². The Balaban J connectivity index is 1.87. The summed E-state index contributed by atoms with van der Waals surface area (Å²) in [6, 6.07) is 10.5. The molecule has 0 amide bonds. The molecule has 0 aliphatic rings. The van der Waals surface area contributed by atoms with E-state index in [2.05, 4.69) is 34.7 Å². The molecule has 0 saturated carbocycles. The molecular formula is C13H19N5S. The summed E-state index contributed by atoms with van der Waals surface area (Å²) < 4.78 is 1.78. The van der Waals surface area contributed by atoms with Crippen LogP contribution in [0, 0.1) is 0 Å². The Morgan fingerprint density at radius 1 is 1.26 bits per heavy atom. The maximum atomic E-state index is 4.07. The van der Waals surface area contributed by atoms with E-state index in [9.17, 15) is 0 Å². The first-order chi connectivity index (χ1) is 9.27. The van der Waals surface area contributed by atoms with Gasteiger partial charge < -0.3 is 5.32 Å². The Morgan fingerprint density at radius 2 is 2.05 bits per heavy atom. The molecule has 5 nitrogen and oxygen atoms in total. The van der Waals surface area contributed by atoms with Crippen molar-refractivity contribution in [2.75, 3.05) is 12.3 Å². The topological polar surface area (TPSA) is 55.6 Å². The van der Waals surface area contributed by atoms with E-state index in [-0.39, 0.29) is 0 Å². The van der Waals surface area contributed by atoms with Crippen molar-refractivity contribution in [1.82, 2.24) is 25.5 Å². The van der Waals surface area contributed by atoms with E-state index in [0.717, 1.165) is 29.6 Å².